The predicted molar refractivity (Wildman–Crippen MR) is 175 cm³/mol. The summed E-state index contributed by atoms with van der Waals surface area (Å²) in [6.45, 7) is 13.3. The van der Waals surface area contributed by atoms with Crippen LogP contribution in [0.25, 0.3) is 0 Å². The van der Waals surface area contributed by atoms with Crippen LogP contribution in [0.3, 0.4) is 0 Å². The molecule has 0 aliphatic carbocycles. The Labute approximate surface area is 268 Å². The SMILES string of the molecule is C#Cc1ccc(C(C(=O)NCCC(=O)OCC)N(C(=O)C(Cc2ccccc2)NC(=O)OC(C)(C)C)C(C)CCC(C)C)cc1. The number of alkyl carbamates (subject to hydrolysis) is 1. The highest BCUT2D eigenvalue weighted by atomic mass is 16.6. The van der Waals surface area contributed by atoms with Gasteiger partial charge in [-0.15, -0.1) is 6.42 Å². The van der Waals surface area contributed by atoms with E-state index in [9.17, 15) is 19.2 Å². The van der Waals surface area contributed by atoms with Crippen molar-refractivity contribution >= 4 is 23.9 Å². The van der Waals surface area contributed by atoms with Gasteiger partial charge >= 0.3 is 12.1 Å². The van der Waals surface area contributed by atoms with Crippen LogP contribution in [-0.2, 0) is 30.3 Å². The number of hydrogen-bond acceptors (Lipinski definition) is 6. The molecule has 0 saturated carbocycles. The van der Waals surface area contributed by atoms with Gasteiger partial charge in [0.2, 0.25) is 11.8 Å². The van der Waals surface area contributed by atoms with E-state index in [4.69, 9.17) is 15.9 Å². The number of carbonyl (C=O) groups excluding carboxylic acids is 4. The first-order chi connectivity index (χ1) is 21.2. The lowest BCUT2D eigenvalue weighted by molar-refractivity contribution is -0.146. The molecule has 244 valence electrons. The number of terminal acetylenes is 1. The third-order valence-corrected chi connectivity index (χ3v) is 7.02. The summed E-state index contributed by atoms with van der Waals surface area (Å²) in [5.74, 6) is 1.60. The molecule has 0 fully saturated rings. The molecule has 0 bridgehead atoms. The third kappa shape index (κ3) is 12.7. The topological polar surface area (TPSA) is 114 Å². The lowest BCUT2D eigenvalue weighted by Gasteiger charge is -2.39. The predicted octanol–water partition coefficient (Wildman–Crippen LogP) is 5.57. The fourth-order valence-electron chi connectivity index (χ4n) is 4.81. The lowest BCUT2D eigenvalue weighted by atomic mass is 9.95. The van der Waals surface area contributed by atoms with Crippen LogP contribution in [0.1, 0.15) is 90.5 Å². The van der Waals surface area contributed by atoms with Gasteiger partial charge in [0.1, 0.15) is 17.7 Å². The van der Waals surface area contributed by atoms with Crippen molar-refractivity contribution in [1.82, 2.24) is 15.5 Å². The van der Waals surface area contributed by atoms with Gasteiger partial charge in [-0.2, -0.15) is 0 Å². The van der Waals surface area contributed by atoms with Crippen molar-refractivity contribution in [1.29, 1.82) is 0 Å². The summed E-state index contributed by atoms with van der Waals surface area (Å²) >= 11 is 0. The van der Waals surface area contributed by atoms with Gasteiger partial charge in [-0.1, -0.05) is 62.2 Å². The molecule has 0 aromatic heterocycles. The standard InChI is InChI=1S/C36H49N3O6/c1-9-27-18-20-29(21-19-27)32(33(41)37-23-22-31(40)44-10-2)39(26(5)17-16-25(3)4)34(42)30(24-28-14-12-11-13-15-28)38-35(43)45-36(6,7)8/h1,11-15,18-21,25-26,30,32H,10,16-17,22-24H2,2-8H3,(H,37,41)(H,38,43). The van der Waals surface area contributed by atoms with Crippen molar-refractivity contribution in [3.8, 4) is 12.3 Å². The molecule has 2 aromatic rings. The second kappa shape index (κ2) is 17.8. The van der Waals surface area contributed by atoms with Crippen LogP contribution in [0.4, 0.5) is 4.79 Å². The summed E-state index contributed by atoms with van der Waals surface area (Å²) in [6, 6.07) is 13.7. The van der Waals surface area contributed by atoms with Crippen LogP contribution < -0.4 is 10.6 Å². The Morgan fingerprint density at radius 1 is 0.956 bits per heavy atom. The van der Waals surface area contributed by atoms with Crippen LogP contribution in [0.5, 0.6) is 0 Å². The normalized spacial score (nSPS) is 13.1. The van der Waals surface area contributed by atoms with Gasteiger partial charge in [0.05, 0.1) is 13.0 Å². The fraction of sp³-hybridized carbons (Fsp3) is 0.500. The molecule has 45 heavy (non-hydrogen) atoms. The molecule has 0 saturated heterocycles. The van der Waals surface area contributed by atoms with Crippen LogP contribution in [0.2, 0.25) is 0 Å². The highest BCUT2D eigenvalue weighted by Gasteiger charge is 2.39. The number of hydrogen-bond donors (Lipinski definition) is 2. The molecule has 9 nitrogen and oxygen atoms in total. The molecule has 3 atom stereocenters. The zero-order valence-corrected chi connectivity index (χ0v) is 27.7. The molecule has 0 spiro atoms. The summed E-state index contributed by atoms with van der Waals surface area (Å²) in [5.41, 5.74) is 1.22. The third-order valence-electron chi connectivity index (χ3n) is 7.02. The summed E-state index contributed by atoms with van der Waals surface area (Å²) < 4.78 is 10.5. The van der Waals surface area contributed by atoms with Gasteiger partial charge in [0.15, 0.2) is 0 Å². The van der Waals surface area contributed by atoms with Crippen molar-refractivity contribution in [2.24, 2.45) is 5.92 Å². The number of nitrogens with zero attached hydrogens (tertiary/aromatic N) is 1. The number of esters is 1. The molecule has 0 aliphatic rings. The Balaban J connectivity index is 2.61. The van der Waals surface area contributed by atoms with Crippen molar-refractivity contribution in [2.45, 2.75) is 97.9 Å². The first-order valence-electron chi connectivity index (χ1n) is 15.6. The van der Waals surface area contributed by atoms with Crippen LogP contribution in [0, 0.1) is 18.3 Å². The van der Waals surface area contributed by atoms with Crippen molar-refractivity contribution < 1.29 is 28.7 Å². The van der Waals surface area contributed by atoms with E-state index in [1.807, 2.05) is 37.3 Å². The van der Waals surface area contributed by atoms with E-state index >= 15 is 0 Å². The number of amides is 3. The minimum Gasteiger partial charge on any atom is -0.466 e. The van der Waals surface area contributed by atoms with E-state index < -0.39 is 47.6 Å². The molecule has 9 heteroatoms. The molecular weight excluding hydrogens is 570 g/mol. The molecule has 2 rings (SSSR count). The monoisotopic (exact) mass is 619 g/mol. The molecule has 3 amide bonds. The summed E-state index contributed by atoms with van der Waals surface area (Å²) in [6.07, 6.45) is 6.44. The summed E-state index contributed by atoms with van der Waals surface area (Å²) in [4.78, 5) is 55.3. The van der Waals surface area contributed by atoms with E-state index in [1.165, 1.54) is 0 Å². The second-order valence-electron chi connectivity index (χ2n) is 12.5. The first-order valence-corrected chi connectivity index (χ1v) is 15.6. The average Bonchev–Trinajstić information content (AvgIpc) is 2.97. The highest BCUT2D eigenvalue weighted by molar-refractivity contribution is 5.92. The Hall–Kier alpha value is -4.32. The highest BCUT2D eigenvalue weighted by Crippen LogP contribution is 2.28. The van der Waals surface area contributed by atoms with E-state index in [2.05, 4.69) is 30.4 Å². The second-order valence-corrected chi connectivity index (χ2v) is 12.5. The molecule has 3 unspecified atom stereocenters. The van der Waals surface area contributed by atoms with Crippen molar-refractivity contribution in [3.05, 3.63) is 71.3 Å². The number of rotatable bonds is 15. The smallest absolute Gasteiger partial charge is 0.408 e. The van der Waals surface area contributed by atoms with E-state index in [1.54, 1.807) is 56.9 Å². The molecular formula is C36H49N3O6. The minimum absolute atomic E-state index is 0.0178. The van der Waals surface area contributed by atoms with Gasteiger partial charge in [0.25, 0.3) is 0 Å². The maximum atomic E-state index is 14.7. The van der Waals surface area contributed by atoms with Crippen molar-refractivity contribution in [2.75, 3.05) is 13.2 Å². The molecule has 0 heterocycles. The zero-order valence-electron chi connectivity index (χ0n) is 27.7. The van der Waals surface area contributed by atoms with Crippen molar-refractivity contribution in [3.63, 3.8) is 0 Å². The average molecular weight is 620 g/mol. The Morgan fingerprint density at radius 3 is 2.16 bits per heavy atom. The molecule has 0 radical (unpaired) electrons. The lowest BCUT2D eigenvalue weighted by Crippen LogP contribution is -2.56. The van der Waals surface area contributed by atoms with Gasteiger partial charge in [-0.25, -0.2) is 4.79 Å². The quantitative estimate of drug-likeness (QED) is 0.199. The van der Waals surface area contributed by atoms with Gasteiger partial charge in [-0.3, -0.25) is 14.4 Å². The van der Waals surface area contributed by atoms with Crippen LogP contribution in [0.15, 0.2) is 54.6 Å². The van der Waals surface area contributed by atoms with E-state index in [-0.39, 0.29) is 26.0 Å². The van der Waals surface area contributed by atoms with Gasteiger partial charge in [-0.05, 0) is 76.6 Å². The molecule has 2 aromatic carbocycles. The maximum absolute atomic E-state index is 14.7. The number of ether oxygens (including phenoxy) is 2. The number of benzene rings is 2. The van der Waals surface area contributed by atoms with E-state index in [0.717, 1.165) is 12.0 Å². The number of nitrogens with one attached hydrogen (secondary N) is 2. The fourth-order valence-corrected chi connectivity index (χ4v) is 4.81. The van der Waals surface area contributed by atoms with E-state index in [0.29, 0.717) is 23.5 Å². The Kier molecular flexibility index (Phi) is 14.6. The Morgan fingerprint density at radius 2 is 1.60 bits per heavy atom. The van der Waals surface area contributed by atoms with Gasteiger partial charge in [0, 0.05) is 24.6 Å². The summed E-state index contributed by atoms with van der Waals surface area (Å²) in [5, 5.41) is 5.61. The maximum Gasteiger partial charge on any atom is 0.408 e. The zero-order chi connectivity index (χ0) is 33.6. The molecule has 2 N–H and O–H groups in total. The molecule has 0 aliphatic heterocycles. The van der Waals surface area contributed by atoms with Gasteiger partial charge < -0.3 is 25.0 Å². The van der Waals surface area contributed by atoms with Crippen LogP contribution >= 0.6 is 0 Å². The largest absolute Gasteiger partial charge is 0.466 e. The first kappa shape index (κ1) is 36.9. The minimum atomic E-state index is -1.08. The van der Waals surface area contributed by atoms with Crippen LogP contribution in [-0.4, -0.2) is 59.6 Å². The Bertz CT molecular complexity index is 1290. The summed E-state index contributed by atoms with van der Waals surface area (Å²) in [7, 11) is 0. The number of carbonyl (C=O) groups is 4.